The maximum absolute atomic E-state index is 6.16. The number of halogens is 2. The Kier molecular flexibility index (Phi) is 4.12. The Morgan fingerprint density at radius 1 is 1.18 bits per heavy atom. The normalized spacial score (nSPS) is 11.0. The van der Waals surface area contributed by atoms with Gasteiger partial charge in [-0.2, -0.15) is 4.98 Å². The summed E-state index contributed by atoms with van der Waals surface area (Å²) in [6.07, 6.45) is 0. The quantitative estimate of drug-likeness (QED) is 0.643. The monoisotopic (exact) mass is 353 g/mol. The summed E-state index contributed by atoms with van der Waals surface area (Å²) in [6.45, 7) is 4.11. The van der Waals surface area contributed by atoms with Gasteiger partial charge < -0.3 is 10.1 Å². The van der Waals surface area contributed by atoms with Gasteiger partial charge in [0.1, 0.15) is 16.4 Å². The van der Waals surface area contributed by atoms with Crippen molar-refractivity contribution >= 4 is 56.3 Å². The molecule has 0 bridgehead atoms. The van der Waals surface area contributed by atoms with Gasteiger partial charge in [-0.15, -0.1) is 11.3 Å². The van der Waals surface area contributed by atoms with Crippen LogP contribution in [-0.4, -0.2) is 17.1 Å². The maximum Gasteiger partial charge on any atom is 0.225 e. The SMILES string of the molecule is COc1ccc(Nc2nc(Cl)nc3sc(C)c(C)c23)cc1Cl. The van der Waals surface area contributed by atoms with Crippen molar-refractivity contribution in [3.63, 3.8) is 0 Å². The lowest BCUT2D eigenvalue weighted by Crippen LogP contribution is -1.97. The molecule has 22 heavy (non-hydrogen) atoms. The molecule has 0 amide bonds. The highest BCUT2D eigenvalue weighted by atomic mass is 35.5. The molecule has 0 unspecified atom stereocenters. The first-order chi connectivity index (χ1) is 10.5. The van der Waals surface area contributed by atoms with Gasteiger partial charge in [0.05, 0.1) is 17.5 Å². The van der Waals surface area contributed by atoms with Crippen LogP contribution in [0.5, 0.6) is 5.75 Å². The number of aromatic nitrogens is 2. The molecule has 0 aliphatic heterocycles. The van der Waals surface area contributed by atoms with Crippen molar-refractivity contribution in [2.75, 3.05) is 12.4 Å². The van der Waals surface area contributed by atoms with Crippen LogP contribution in [0.15, 0.2) is 18.2 Å². The van der Waals surface area contributed by atoms with Crippen LogP contribution in [0.1, 0.15) is 10.4 Å². The van der Waals surface area contributed by atoms with Crippen molar-refractivity contribution in [3.8, 4) is 5.75 Å². The first-order valence-electron chi connectivity index (χ1n) is 6.53. The molecule has 1 N–H and O–H groups in total. The molecule has 0 saturated heterocycles. The molecule has 0 aliphatic rings. The molecule has 0 atom stereocenters. The Balaban J connectivity index is 2.08. The van der Waals surface area contributed by atoms with Gasteiger partial charge in [0.2, 0.25) is 5.28 Å². The van der Waals surface area contributed by atoms with E-state index in [4.69, 9.17) is 27.9 Å². The lowest BCUT2D eigenvalue weighted by molar-refractivity contribution is 0.415. The van der Waals surface area contributed by atoms with Crippen LogP contribution in [0.3, 0.4) is 0 Å². The second-order valence-electron chi connectivity index (χ2n) is 4.78. The predicted octanol–water partition coefficient (Wildman–Crippen LogP) is 5.37. The molecule has 0 fully saturated rings. The number of hydrogen-bond acceptors (Lipinski definition) is 5. The number of benzene rings is 1. The van der Waals surface area contributed by atoms with Crippen LogP contribution in [-0.2, 0) is 0 Å². The molecule has 3 aromatic rings. The van der Waals surface area contributed by atoms with Crippen LogP contribution >= 0.6 is 34.5 Å². The number of anilines is 2. The zero-order valence-electron chi connectivity index (χ0n) is 12.2. The molecule has 3 rings (SSSR count). The number of nitrogens with zero attached hydrogens (tertiary/aromatic N) is 2. The summed E-state index contributed by atoms with van der Waals surface area (Å²) in [7, 11) is 1.58. The lowest BCUT2D eigenvalue weighted by Gasteiger charge is -2.10. The van der Waals surface area contributed by atoms with Crippen molar-refractivity contribution in [2.45, 2.75) is 13.8 Å². The summed E-state index contributed by atoms with van der Waals surface area (Å²) in [5.74, 6) is 1.30. The Labute approximate surface area is 142 Å². The minimum absolute atomic E-state index is 0.218. The third-order valence-corrected chi connectivity index (χ3v) is 4.98. The number of nitrogens with one attached hydrogen (secondary N) is 1. The fourth-order valence-electron chi connectivity index (χ4n) is 2.19. The van der Waals surface area contributed by atoms with Crippen molar-refractivity contribution in [1.29, 1.82) is 0 Å². The number of aryl methyl sites for hydroxylation is 2. The first kappa shape index (κ1) is 15.3. The fourth-order valence-corrected chi connectivity index (χ4v) is 3.70. The molecule has 1 aromatic carbocycles. The van der Waals surface area contributed by atoms with E-state index in [0.29, 0.717) is 16.6 Å². The second-order valence-corrected chi connectivity index (χ2v) is 6.73. The highest BCUT2D eigenvalue weighted by molar-refractivity contribution is 7.18. The Bertz CT molecular complexity index is 864. The highest BCUT2D eigenvalue weighted by Crippen LogP contribution is 2.36. The summed E-state index contributed by atoms with van der Waals surface area (Å²) in [5.41, 5.74) is 1.96. The van der Waals surface area contributed by atoms with Crippen LogP contribution in [0.2, 0.25) is 10.3 Å². The summed E-state index contributed by atoms with van der Waals surface area (Å²) < 4.78 is 5.16. The topological polar surface area (TPSA) is 47.0 Å². The molecular weight excluding hydrogens is 341 g/mol. The van der Waals surface area contributed by atoms with Gasteiger partial charge in [-0.3, -0.25) is 0 Å². The van der Waals surface area contributed by atoms with E-state index in [1.54, 1.807) is 30.6 Å². The van der Waals surface area contributed by atoms with E-state index in [9.17, 15) is 0 Å². The standard InChI is InChI=1S/C15H13Cl2N3OS/c1-7-8(2)22-14-12(7)13(19-15(17)20-14)18-9-4-5-11(21-3)10(16)6-9/h4-6H,1-3H3,(H,18,19,20). The third kappa shape index (κ3) is 2.72. The van der Waals surface area contributed by atoms with E-state index >= 15 is 0 Å². The van der Waals surface area contributed by atoms with E-state index in [2.05, 4.69) is 29.1 Å². The summed E-state index contributed by atoms with van der Waals surface area (Å²) in [6, 6.07) is 5.47. The van der Waals surface area contributed by atoms with Crippen molar-refractivity contribution < 1.29 is 4.74 Å². The number of rotatable bonds is 3. The van der Waals surface area contributed by atoms with Crippen molar-refractivity contribution in [1.82, 2.24) is 9.97 Å². The largest absolute Gasteiger partial charge is 0.495 e. The molecule has 2 aromatic heterocycles. The van der Waals surface area contributed by atoms with Gasteiger partial charge in [0, 0.05) is 10.6 Å². The average molecular weight is 354 g/mol. The molecular formula is C15H13Cl2N3OS. The second kappa shape index (κ2) is 5.91. The lowest BCUT2D eigenvalue weighted by atomic mass is 10.2. The number of ether oxygens (including phenoxy) is 1. The Morgan fingerprint density at radius 2 is 1.95 bits per heavy atom. The van der Waals surface area contributed by atoms with E-state index < -0.39 is 0 Å². The number of hydrogen-bond donors (Lipinski definition) is 1. The fraction of sp³-hybridized carbons (Fsp3) is 0.200. The van der Waals surface area contributed by atoms with E-state index in [-0.39, 0.29) is 5.28 Å². The van der Waals surface area contributed by atoms with Crippen LogP contribution in [0, 0.1) is 13.8 Å². The minimum Gasteiger partial charge on any atom is -0.495 e. The van der Waals surface area contributed by atoms with Crippen molar-refractivity contribution in [2.24, 2.45) is 0 Å². The van der Waals surface area contributed by atoms with Crippen LogP contribution in [0.4, 0.5) is 11.5 Å². The van der Waals surface area contributed by atoms with Crippen molar-refractivity contribution in [3.05, 3.63) is 38.9 Å². The predicted molar refractivity (Wildman–Crippen MR) is 93.2 cm³/mol. The zero-order valence-corrected chi connectivity index (χ0v) is 14.5. The van der Waals surface area contributed by atoms with Gasteiger partial charge in [-0.1, -0.05) is 11.6 Å². The minimum atomic E-state index is 0.218. The molecule has 0 aliphatic carbocycles. The Morgan fingerprint density at radius 3 is 2.64 bits per heavy atom. The number of thiophene rings is 1. The summed E-state index contributed by atoms with van der Waals surface area (Å²) >= 11 is 13.8. The smallest absolute Gasteiger partial charge is 0.225 e. The first-order valence-corrected chi connectivity index (χ1v) is 8.10. The molecule has 0 saturated carbocycles. The molecule has 0 spiro atoms. The summed E-state index contributed by atoms with van der Waals surface area (Å²) in [4.78, 5) is 10.7. The molecule has 2 heterocycles. The van der Waals surface area contributed by atoms with Gasteiger partial charge in [0.15, 0.2) is 0 Å². The third-order valence-electron chi connectivity index (χ3n) is 3.42. The van der Waals surface area contributed by atoms with Gasteiger partial charge >= 0.3 is 0 Å². The highest BCUT2D eigenvalue weighted by Gasteiger charge is 2.14. The van der Waals surface area contributed by atoms with Gasteiger partial charge in [-0.25, -0.2) is 4.98 Å². The average Bonchev–Trinajstić information content (AvgIpc) is 2.74. The van der Waals surface area contributed by atoms with E-state index in [0.717, 1.165) is 21.5 Å². The van der Waals surface area contributed by atoms with Crippen LogP contribution < -0.4 is 10.1 Å². The molecule has 7 heteroatoms. The van der Waals surface area contributed by atoms with Gasteiger partial charge in [-0.05, 0) is 49.2 Å². The number of methoxy groups -OCH3 is 1. The molecule has 0 radical (unpaired) electrons. The Hall–Kier alpha value is -1.56. The summed E-state index contributed by atoms with van der Waals surface area (Å²) in [5, 5.41) is 5.00. The maximum atomic E-state index is 6.16. The molecule has 4 nitrogen and oxygen atoms in total. The van der Waals surface area contributed by atoms with Gasteiger partial charge in [0.25, 0.3) is 0 Å². The van der Waals surface area contributed by atoms with E-state index in [1.165, 1.54) is 4.88 Å². The van der Waals surface area contributed by atoms with Crippen LogP contribution in [0.25, 0.3) is 10.2 Å². The number of fused-ring (bicyclic) bond motifs is 1. The zero-order chi connectivity index (χ0) is 15.9. The van der Waals surface area contributed by atoms with E-state index in [1.807, 2.05) is 6.07 Å². The molecule has 114 valence electrons.